The Balaban J connectivity index is 1.37. The quantitative estimate of drug-likeness (QED) is 0.318. The van der Waals surface area contributed by atoms with Gasteiger partial charge in [0.15, 0.2) is 0 Å². The number of benzene rings is 3. The van der Waals surface area contributed by atoms with Crippen LogP contribution in [0.5, 0.6) is 5.75 Å². The average Bonchev–Trinajstić information content (AvgIpc) is 2.82. The lowest BCUT2D eigenvalue weighted by Gasteiger charge is -2.11. The third-order valence-corrected chi connectivity index (χ3v) is 5.85. The summed E-state index contributed by atoms with van der Waals surface area (Å²) in [5.41, 5.74) is 3.98. The number of carbonyl (C=O) groups is 2. The fourth-order valence-electron chi connectivity index (χ4n) is 3.52. The summed E-state index contributed by atoms with van der Waals surface area (Å²) in [6.07, 6.45) is 2.23. The Morgan fingerprint density at radius 1 is 0.941 bits per heavy atom. The van der Waals surface area contributed by atoms with E-state index in [4.69, 9.17) is 0 Å². The third-order valence-electron chi connectivity index (χ3n) is 5.19. The number of carbonyl (C=O) groups excluding carboxylic acids is 2. The lowest BCUT2D eigenvalue weighted by Crippen LogP contribution is -2.25. The van der Waals surface area contributed by atoms with Gasteiger partial charge in [0.1, 0.15) is 5.75 Å². The molecule has 0 radical (unpaired) electrons. The zero-order valence-corrected chi connectivity index (χ0v) is 19.8. The van der Waals surface area contributed by atoms with E-state index in [-0.39, 0.29) is 24.1 Å². The average molecular weight is 516 g/mol. The molecule has 0 fully saturated rings. The second-order valence-electron chi connectivity index (χ2n) is 7.82. The third kappa shape index (κ3) is 5.68. The van der Waals surface area contributed by atoms with Crippen LogP contribution in [-0.4, -0.2) is 21.9 Å². The Kier molecular flexibility index (Phi) is 7.04. The standard InChI is InChI=1S/C27H22BrN3O3/c1-17(11-19-12-20-6-2-3-8-25(20)29-16-19)31-27(34)23-10-9-21(14-24(23)28)26(33)30-15-18-5-4-7-22(32)13-18/h2-10,12-14,16,32H,1,11,15H2,(H,30,33)(H,31,34). The highest BCUT2D eigenvalue weighted by Crippen LogP contribution is 2.20. The molecule has 0 aliphatic heterocycles. The number of phenols is 1. The highest BCUT2D eigenvalue weighted by molar-refractivity contribution is 9.10. The summed E-state index contributed by atoms with van der Waals surface area (Å²) in [7, 11) is 0. The van der Waals surface area contributed by atoms with Crippen molar-refractivity contribution in [1.29, 1.82) is 0 Å². The van der Waals surface area contributed by atoms with Crippen molar-refractivity contribution in [2.24, 2.45) is 0 Å². The maximum atomic E-state index is 12.8. The van der Waals surface area contributed by atoms with Gasteiger partial charge < -0.3 is 15.7 Å². The number of hydrogen-bond donors (Lipinski definition) is 3. The van der Waals surface area contributed by atoms with Gasteiger partial charge in [0.25, 0.3) is 11.8 Å². The van der Waals surface area contributed by atoms with Crippen LogP contribution in [0.25, 0.3) is 10.9 Å². The van der Waals surface area contributed by atoms with Crippen molar-refractivity contribution >= 4 is 38.6 Å². The largest absolute Gasteiger partial charge is 0.508 e. The molecular weight excluding hydrogens is 494 g/mol. The maximum Gasteiger partial charge on any atom is 0.256 e. The number of fused-ring (bicyclic) bond motifs is 1. The summed E-state index contributed by atoms with van der Waals surface area (Å²) in [6.45, 7) is 4.25. The molecule has 0 aliphatic carbocycles. The van der Waals surface area contributed by atoms with E-state index in [0.717, 1.165) is 22.0 Å². The summed E-state index contributed by atoms with van der Waals surface area (Å²) in [6, 6.07) is 21.3. The van der Waals surface area contributed by atoms with Crippen molar-refractivity contribution < 1.29 is 14.7 Å². The number of rotatable bonds is 7. The molecule has 0 spiro atoms. The van der Waals surface area contributed by atoms with E-state index < -0.39 is 0 Å². The second-order valence-corrected chi connectivity index (χ2v) is 8.67. The lowest BCUT2D eigenvalue weighted by molar-refractivity contribution is 0.0943. The van der Waals surface area contributed by atoms with Gasteiger partial charge in [-0.05, 0) is 69.5 Å². The highest BCUT2D eigenvalue weighted by atomic mass is 79.9. The molecule has 7 heteroatoms. The van der Waals surface area contributed by atoms with Crippen molar-refractivity contribution in [2.75, 3.05) is 0 Å². The molecule has 1 aromatic heterocycles. The molecule has 170 valence electrons. The van der Waals surface area contributed by atoms with E-state index in [0.29, 0.717) is 27.7 Å². The Morgan fingerprint density at radius 3 is 2.56 bits per heavy atom. The molecule has 3 N–H and O–H groups in total. The number of nitrogens with zero attached hydrogens (tertiary/aromatic N) is 1. The molecule has 0 aliphatic rings. The van der Waals surface area contributed by atoms with Crippen LogP contribution < -0.4 is 10.6 Å². The van der Waals surface area contributed by atoms with Gasteiger partial charge in [-0.15, -0.1) is 0 Å². The first-order chi connectivity index (χ1) is 16.4. The zero-order valence-electron chi connectivity index (χ0n) is 18.2. The molecule has 2 amide bonds. The molecular formula is C27H22BrN3O3. The Bertz CT molecular complexity index is 1400. The maximum absolute atomic E-state index is 12.8. The fraction of sp³-hybridized carbons (Fsp3) is 0.0741. The molecule has 3 aromatic carbocycles. The van der Waals surface area contributed by atoms with Crippen molar-refractivity contribution in [3.05, 3.63) is 118 Å². The van der Waals surface area contributed by atoms with Crippen LogP contribution >= 0.6 is 15.9 Å². The summed E-state index contributed by atoms with van der Waals surface area (Å²) in [5, 5.41) is 16.2. The number of nitrogens with one attached hydrogen (secondary N) is 2. The number of aromatic hydroxyl groups is 1. The Hall–Kier alpha value is -3.97. The predicted molar refractivity (Wildman–Crippen MR) is 135 cm³/mol. The molecule has 4 rings (SSSR count). The van der Waals surface area contributed by atoms with E-state index in [9.17, 15) is 14.7 Å². The molecule has 0 unspecified atom stereocenters. The second kappa shape index (κ2) is 10.3. The van der Waals surface area contributed by atoms with Crippen molar-refractivity contribution in [1.82, 2.24) is 15.6 Å². The van der Waals surface area contributed by atoms with E-state index in [1.165, 1.54) is 0 Å². The topological polar surface area (TPSA) is 91.3 Å². The fourth-order valence-corrected chi connectivity index (χ4v) is 4.08. The minimum absolute atomic E-state index is 0.142. The van der Waals surface area contributed by atoms with Gasteiger partial charge in [0.2, 0.25) is 0 Å². The number of pyridine rings is 1. The zero-order chi connectivity index (χ0) is 24.1. The van der Waals surface area contributed by atoms with E-state index in [2.05, 4.69) is 38.1 Å². The summed E-state index contributed by atoms with van der Waals surface area (Å²) in [5.74, 6) is -0.468. The molecule has 34 heavy (non-hydrogen) atoms. The lowest BCUT2D eigenvalue weighted by atomic mass is 10.1. The molecule has 1 heterocycles. The van der Waals surface area contributed by atoms with Gasteiger partial charge in [-0.3, -0.25) is 14.6 Å². The number of aromatic nitrogens is 1. The first-order valence-corrected chi connectivity index (χ1v) is 11.4. The molecule has 0 bridgehead atoms. The van der Waals surface area contributed by atoms with Gasteiger partial charge in [0.05, 0.1) is 11.1 Å². The predicted octanol–water partition coefficient (Wildman–Crippen LogP) is 5.12. The highest BCUT2D eigenvalue weighted by Gasteiger charge is 2.14. The summed E-state index contributed by atoms with van der Waals surface area (Å²) >= 11 is 3.39. The Labute approximate surface area is 205 Å². The Morgan fingerprint density at radius 2 is 1.76 bits per heavy atom. The molecule has 6 nitrogen and oxygen atoms in total. The SMILES string of the molecule is C=C(Cc1cnc2ccccc2c1)NC(=O)c1ccc(C(=O)NCc2cccc(O)c2)cc1Br. The van der Waals surface area contributed by atoms with Crippen LogP contribution in [0.2, 0.25) is 0 Å². The number of halogens is 1. The van der Waals surface area contributed by atoms with Gasteiger partial charge >= 0.3 is 0 Å². The number of para-hydroxylation sites is 1. The molecule has 0 atom stereocenters. The minimum atomic E-state index is -0.322. The number of amides is 2. The van der Waals surface area contributed by atoms with Crippen LogP contribution in [0.15, 0.2) is 95.7 Å². The van der Waals surface area contributed by atoms with Gasteiger partial charge in [-0.2, -0.15) is 0 Å². The van der Waals surface area contributed by atoms with Gasteiger partial charge in [-0.25, -0.2) is 0 Å². The monoisotopic (exact) mass is 515 g/mol. The van der Waals surface area contributed by atoms with Gasteiger partial charge in [-0.1, -0.05) is 36.9 Å². The number of hydrogen-bond acceptors (Lipinski definition) is 4. The number of phenolic OH excluding ortho intramolecular Hbond substituents is 1. The molecule has 4 aromatic rings. The first-order valence-electron chi connectivity index (χ1n) is 10.6. The minimum Gasteiger partial charge on any atom is -0.508 e. The molecule has 0 saturated carbocycles. The van der Waals surface area contributed by atoms with Crippen molar-refractivity contribution in [2.45, 2.75) is 13.0 Å². The summed E-state index contributed by atoms with van der Waals surface area (Å²) in [4.78, 5) is 29.7. The van der Waals surface area contributed by atoms with Crippen LogP contribution in [0.4, 0.5) is 0 Å². The molecule has 0 saturated heterocycles. The van der Waals surface area contributed by atoms with Crippen LogP contribution in [0.3, 0.4) is 0 Å². The first kappa shape index (κ1) is 23.2. The van der Waals surface area contributed by atoms with E-state index in [1.54, 1.807) is 42.6 Å². The van der Waals surface area contributed by atoms with Gasteiger partial charge in [0, 0.05) is 40.3 Å². The van der Waals surface area contributed by atoms with Crippen LogP contribution in [-0.2, 0) is 13.0 Å². The van der Waals surface area contributed by atoms with E-state index in [1.807, 2.05) is 36.4 Å². The summed E-state index contributed by atoms with van der Waals surface area (Å²) < 4.78 is 0.496. The van der Waals surface area contributed by atoms with Crippen LogP contribution in [0.1, 0.15) is 31.8 Å². The van der Waals surface area contributed by atoms with Crippen molar-refractivity contribution in [3.63, 3.8) is 0 Å². The number of allylic oxidation sites excluding steroid dienone is 1. The normalized spacial score (nSPS) is 10.6. The van der Waals surface area contributed by atoms with Crippen molar-refractivity contribution in [3.8, 4) is 5.75 Å². The van der Waals surface area contributed by atoms with E-state index >= 15 is 0 Å². The smallest absolute Gasteiger partial charge is 0.256 e. The van der Waals surface area contributed by atoms with Crippen LogP contribution in [0, 0.1) is 0 Å².